The first-order chi connectivity index (χ1) is 7.16. The molecule has 0 saturated heterocycles. The summed E-state index contributed by atoms with van der Waals surface area (Å²) in [7, 11) is 1.69. The molecular weight excluding hydrogens is 193 g/mol. The van der Waals surface area contributed by atoms with Crippen molar-refractivity contribution in [2.45, 2.75) is 25.7 Å². The van der Waals surface area contributed by atoms with Gasteiger partial charge in [-0.05, 0) is 43.4 Å². The first kappa shape index (κ1) is 9.19. The zero-order valence-electron chi connectivity index (χ0n) is 8.91. The van der Waals surface area contributed by atoms with Crippen molar-refractivity contribution in [1.82, 2.24) is 9.78 Å². The smallest absolute Gasteiger partial charge is 0.188 e. The highest BCUT2D eigenvalue weighted by molar-refractivity contribution is 5.33. The monoisotopic (exact) mass is 209 g/mol. The topological polar surface area (TPSA) is 43.8 Å². The maximum Gasteiger partial charge on any atom is 0.188 e. The molecule has 0 aliphatic heterocycles. The van der Waals surface area contributed by atoms with Crippen LogP contribution in [0.3, 0.4) is 0 Å². The minimum Gasteiger partial charge on any atom is -0.381 e. The number of anilines is 1. The second-order valence-electron chi connectivity index (χ2n) is 4.97. The summed E-state index contributed by atoms with van der Waals surface area (Å²) in [5, 5.41) is 4.14. The minimum absolute atomic E-state index is 0.162. The molecule has 2 N–H and O–H groups in total. The van der Waals surface area contributed by atoms with Crippen molar-refractivity contribution >= 4 is 5.82 Å². The van der Waals surface area contributed by atoms with Gasteiger partial charge in [0.25, 0.3) is 0 Å². The van der Waals surface area contributed by atoms with Gasteiger partial charge in [0, 0.05) is 7.05 Å². The molecule has 2 saturated carbocycles. The molecular formula is C11H16FN3. The number of halogens is 1. The van der Waals surface area contributed by atoms with Crippen molar-refractivity contribution < 1.29 is 4.39 Å². The highest BCUT2D eigenvalue weighted by atomic mass is 19.1. The first-order valence-electron chi connectivity index (χ1n) is 5.63. The SMILES string of the molecule is Cn1nc(CC2CCC3CC23)c(F)c1N. The number of rotatable bonds is 2. The number of nitrogens with zero attached hydrogens (tertiary/aromatic N) is 2. The molecule has 1 aromatic heterocycles. The molecule has 0 amide bonds. The highest BCUT2D eigenvalue weighted by Crippen LogP contribution is 2.56. The quantitative estimate of drug-likeness (QED) is 0.806. The fourth-order valence-corrected chi connectivity index (χ4v) is 3.02. The molecule has 3 unspecified atom stereocenters. The summed E-state index contributed by atoms with van der Waals surface area (Å²) in [5.41, 5.74) is 6.11. The third-order valence-corrected chi connectivity index (χ3v) is 4.04. The van der Waals surface area contributed by atoms with Crippen LogP contribution >= 0.6 is 0 Å². The third kappa shape index (κ3) is 1.34. The molecule has 82 valence electrons. The predicted molar refractivity (Wildman–Crippen MR) is 55.6 cm³/mol. The molecule has 3 nitrogen and oxygen atoms in total. The number of fused-ring (bicyclic) bond motifs is 1. The molecule has 3 atom stereocenters. The lowest BCUT2D eigenvalue weighted by Crippen LogP contribution is -2.05. The number of aromatic nitrogens is 2. The van der Waals surface area contributed by atoms with Crippen LogP contribution in [0.25, 0.3) is 0 Å². The number of nitrogen functional groups attached to an aromatic ring is 1. The van der Waals surface area contributed by atoms with Gasteiger partial charge < -0.3 is 5.73 Å². The van der Waals surface area contributed by atoms with Gasteiger partial charge >= 0.3 is 0 Å². The average Bonchev–Trinajstić information content (AvgIpc) is 2.85. The van der Waals surface area contributed by atoms with E-state index >= 15 is 0 Å². The fraction of sp³-hybridized carbons (Fsp3) is 0.727. The molecule has 0 spiro atoms. The van der Waals surface area contributed by atoms with E-state index in [1.54, 1.807) is 7.05 Å². The predicted octanol–water partition coefficient (Wildman–Crippen LogP) is 1.73. The van der Waals surface area contributed by atoms with Gasteiger partial charge in [0.05, 0.1) is 0 Å². The van der Waals surface area contributed by atoms with Crippen molar-refractivity contribution in [3.05, 3.63) is 11.5 Å². The van der Waals surface area contributed by atoms with Crippen molar-refractivity contribution in [2.75, 3.05) is 5.73 Å². The van der Waals surface area contributed by atoms with Gasteiger partial charge in [-0.2, -0.15) is 5.10 Å². The van der Waals surface area contributed by atoms with E-state index in [0.29, 0.717) is 11.6 Å². The van der Waals surface area contributed by atoms with Crippen LogP contribution < -0.4 is 5.73 Å². The Hall–Kier alpha value is -1.06. The van der Waals surface area contributed by atoms with Crippen LogP contribution in [0.1, 0.15) is 25.0 Å². The Kier molecular flexibility index (Phi) is 1.82. The molecule has 15 heavy (non-hydrogen) atoms. The Morgan fingerprint density at radius 3 is 2.80 bits per heavy atom. The Balaban J connectivity index is 1.78. The lowest BCUT2D eigenvalue weighted by Gasteiger charge is -2.08. The molecule has 0 bridgehead atoms. The zero-order chi connectivity index (χ0) is 10.6. The van der Waals surface area contributed by atoms with Crippen molar-refractivity contribution in [3.63, 3.8) is 0 Å². The second-order valence-corrected chi connectivity index (χ2v) is 4.97. The van der Waals surface area contributed by atoms with Gasteiger partial charge in [-0.3, -0.25) is 4.68 Å². The number of hydrogen-bond donors (Lipinski definition) is 1. The third-order valence-electron chi connectivity index (χ3n) is 4.04. The van der Waals surface area contributed by atoms with Gasteiger partial charge in [-0.15, -0.1) is 0 Å². The molecule has 4 heteroatoms. The van der Waals surface area contributed by atoms with E-state index in [9.17, 15) is 4.39 Å². The summed E-state index contributed by atoms with van der Waals surface area (Å²) in [4.78, 5) is 0. The van der Waals surface area contributed by atoms with E-state index in [1.165, 1.54) is 23.9 Å². The van der Waals surface area contributed by atoms with E-state index in [2.05, 4.69) is 5.10 Å². The lowest BCUT2D eigenvalue weighted by molar-refractivity contribution is 0.459. The van der Waals surface area contributed by atoms with Crippen LogP contribution in [-0.4, -0.2) is 9.78 Å². The standard InChI is InChI=1S/C11H16FN3/c1-15-11(13)10(12)9(14-15)5-7-3-2-6-4-8(6)7/h6-8H,2-5,13H2,1H3. The van der Waals surface area contributed by atoms with E-state index in [1.807, 2.05) is 0 Å². The summed E-state index contributed by atoms with van der Waals surface area (Å²) in [6, 6.07) is 0. The lowest BCUT2D eigenvalue weighted by atomic mass is 9.97. The Bertz CT molecular complexity index is 399. The molecule has 2 aliphatic carbocycles. The van der Waals surface area contributed by atoms with Crippen molar-refractivity contribution in [3.8, 4) is 0 Å². The molecule has 2 fully saturated rings. The summed E-state index contributed by atoms with van der Waals surface area (Å²) in [6.45, 7) is 0. The van der Waals surface area contributed by atoms with E-state index in [-0.39, 0.29) is 11.6 Å². The van der Waals surface area contributed by atoms with E-state index in [0.717, 1.165) is 18.3 Å². The van der Waals surface area contributed by atoms with Crippen LogP contribution in [0.2, 0.25) is 0 Å². The van der Waals surface area contributed by atoms with Crippen LogP contribution in [0, 0.1) is 23.6 Å². The van der Waals surface area contributed by atoms with E-state index in [4.69, 9.17) is 5.73 Å². The van der Waals surface area contributed by atoms with E-state index < -0.39 is 0 Å². The van der Waals surface area contributed by atoms with Gasteiger partial charge in [0.1, 0.15) is 5.69 Å². The van der Waals surface area contributed by atoms with Gasteiger partial charge in [-0.25, -0.2) is 4.39 Å². The minimum atomic E-state index is -0.304. The maximum atomic E-state index is 13.6. The van der Waals surface area contributed by atoms with Crippen LogP contribution in [0.5, 0.6) is 0 Å². The Morgan fingerprint density at radius 2 is 2.33 bits per heavy atom. The number of aryl methyl sites for hydroxylation is 1. The molecule has 1 heterocycles. The Morgan fingerprint density at radius 1 is 1.53 bits per heavy atom. The van der Waals surface area contributed by atoms with Gasteiger partial charge in [0.2, 0.25) is 0 Å². The maximum absolute atomic E-state index is 13.6. The zero-order valence-corrected chi connectivity index (χ0v) is 8.91. The average molecular weight is 209 g/mol. The van der Waals surface area contributed by atoms with Gasteiger partial charge in [0.15, 0.2) is 11.6 Å². The fourth-order valence-electron chi connectivity index (χ4n) is 3.02. The second kappa shape index (κ2) is 2.97. The summed E-state index contributed by atoms with van der Waals surface area (Å²) >= 11 is 0. The van der Waals surface area contributed by atoms with Crippen LogP contribution in [0.4, 0.5) is 10.2 Å². The molecule has 1 aromatic rings. The molecule has 0 aromatic carbocycles. The summed E-state index contributed by atoms with van der Waals surface area (Å²) in [5.74, 6) is 2.31. The van der Waals surface area contributed by atoms with Crippen molar-refractivity contribution in [1.29, 1.82) is 0 Å². The Labute approximate surface area is 88.5 Å². The normalized spacial score (nSPS) is 33.1. The summed E-state index contributed by atoms with van der Waals surface area (Å²) in [6.07, 6.45) is 4.71. The van der Waals surface area contributed by atoms with Crippen molar-refractivity contribution in [2.24, 2.45) is 24.8 Å². The summed E-state index contributed by atoms with van der Waals surface area (Å²) < 4.78 is 15.0. The van der Waals surface area contributed by atoms with Crippen LogP contribution in [-0.2, 0) is 13.5 Å². The highest BCUT2D eigenvalue weighted by Gasteiger charge is 2.48. The molecule has 2 aliphatic rings. The van der Waals surface area contributed by atoms with Crippen LogP contribution in [0.15, 0.2) is 0 Å². The first-order valence-corrected chi connectivity index (χ1v) is 5.63. The number of hydrogen-bond acceptors (Lipinski definition) is 2. The largest absolute Gasteiger partial charge is 0.381 e. The number of nitrogens with two attached hydrogens (primary N) is 1. The van der Waals surface area contributed by atoms with Gasteiger partial charge in [-0.1, -0.05) is 0 Å². The molecule has 0 radical (unpaired) electrons. The molecule has 3 rings (SSSR count).